The van der Waals surface area contributed by atoms with Crippen LogP contribution in [0.5, 0.6) is 0 Å². The van der Waals surface area contributed by atoms with Gasteiger partial charge < -0.3 is 14.7 Å². The number of anilines is 1. The second-order valence-corrected chi connectivity index (χ2v) is 7.32. The molecule has 0 N–H and O–H groups in total. The van der Waals surface area contributed by atoms with Crippen LogP contribution in [-0.4, -0.2) is 59.3 Å². The zero-order chi connectivity index (χ0) is 20.1. The number of pyridine rings is 1. The predicted molar refractivity (Wildman–Crippen MR) is 110 cm³/mol. The summed E-state index contributed by atoms with van der Waals surface area (Å²) in [6, 6.07) is 10.1. The molecule has 2 heterocycles. The van der Waals surface area contributed by atoms with Crippen molar-refractivity contribution in [2.24, 2.45) is 0 Å². The quantitative estimate of drug-likeness (QED) is 0.799. The first-order valence-corrected chi connectivity index (χ1v) is 9.69. The van der Waals surface area contributed by atoms with Crippen molar-refractivity contribution < 1.29 is 9.59 Å². The monoisotopic (exact) mass is 380 g/mol. The van der Waals surface area contributed by atoms with Gasteiger partial charge in [-0.15, -0.1) is 0 Å². The Kier molecular flexibility index (Phi) is 6.29. The highest BCUT2D eigenvalue weighted by Gasteiger charge is 2.24. The molecular formula is C22H28N4O2. The lowest BCUT2D eigenvalue weighted by Crippen LogP contribution is -2.51. The summed E-state index contributed by atoms with van der Waals surface area (Å²) in [5.74, 6) is -0.0935. The van der Waals surface area contributed by atoms with Gasteiger partial charge >= 0.3 is 0 Å². The summed E-state index contributed by atoms with van der Waals surface area (Å²) >= 11 is 0. The van der Waals surface area contributed by atoms with E-state index >= 15 is 0 Å². The summed E-state index contributed by atoms with van der Waals surface area (Å²) in [7, 11) is 0. The van der Waals surface area contributed by atoms with Crippen LogP contribution in [0.25, 0.3) is 0 Å². The van der Waals surface area contributed by atoms with Crippen LogP contribution >= 0.6 is 0 Å². The van der Waals surface area contributed by atoms with Gasteiger partial charge in [0, 0.05) is 57.7 Å². The number of nitrogens with zero attached hydrogens (tertiary/aromatic N) is 4. The molecule has 6 nitrogen and oxygen atoms in total. The van der Waals surface area contributed by atoms with Gasteiger partial charge in [0.25, 0.3) is 0 Å². The number of aryl methyl sites for hydroxylation is 1. The molecule has 1 fully saturated rings. The molecule has 1 aliphatic rings. The molecular weight excluding hydrogens is 352 g/mol. The molecule has 0 aliphatic carbocycles. The van der Waals surface area contributed by atoms with Crippen molar-refractivity contribution in [3.8, 4) is 0 Å². The zero-order valence-corrected chi connectivity index (χ0v) is 16.9. The van der Waals surface area contributed by atoms with E-state index in [0.29, 0.717) is 19.6 Å². The van der Waals surface area contributed by atoms with E-state index in [0.717, 1.165) is 18.7 Å². The number of rotatable bonds is 5. The fourth-order valence-electron chi connectivity index (χ4n) is 3.53. The van der Waals surface area contributed by atoms with Gasteiger partial charge in [-0.2, -0.15) is 0 Å². The lowest BCUT2D eigenvalue weighted by atomic mass is 10.1. The van der Waals surface area contributed by atoms with E-state index in [-0.39, 0.29) is 18.4 Å². The Morgan fingerprint density at radius 1 is 1.04 bits per heavy atom. The predicted octanol–water partition coefficient (Wildman–Crippen LogP) is 2.40. The van der Waals surface area contributed by atoms with Crippen molar-refractivity contribution in [3.63, 3.8) is 0 Å². The van der Waals surface area contributed by atoms with Crippen LogP contribution in [0.1, 0.15) is 23.6 Å². The fourth-order valence-corrected chi connectivity index (χ4v) is 3.53. The Morgan fingerprint density at radius 2 is 1.71 bits per heavy atom. The van der Waals surface area contributed by atoms with Crippen molar-refractivity contribution in [1.29, 1.82) is 0 Å². The summed E-state index contributed by atoms with van der Waals surface area (Å²) in [4.78, 5) is 34.6. The molecule has 1 aliphatic heterocycles. The summed E-state index contributed by atoms with van der Waals surface area (Å²) in [5, 5.41) is 0. The van der Waals surface area contributed by atoms with Crippen molar-refractivity contribution in [2.45, 2.75) is 27.3 Å². The van der Waals surface area contributed by atoms with Gasteiger partial charge in [-0.05, 0) is 48.7 Å². The normalized spacial score (nSPS) is 14.1. The first kappa shape index (κ1) is 19.9. The van der Waals surface area contributed by atoms with Gasteiger partial charge in [0.15, 0.2) is 0 Å². The maximum absolute atomic E-state index is 12.8. The van der Waals surface area contributed by atoms with Crippen LogP contribution in [0.15, 0.2) is 42.7 Å². The standard InChI is InChI=1S/C22H28N4O2/c1-17-5-4-6-21(18(17)2)24-11-13-25(14-12-24)22(28)16-26(19(3)27)15-20-7-9-23-10-8-20/h4-10H,11-16H2,1-3H3. The molecule has 148 valence electrons. The Labute approximate surface area is 166 Å². The Morgan fingerprint density at radius 3 is 2.36 bits per heavy atom. The van der Waals surface area contributed by atoms with E-state index in [1.165, 1.54) is 23.7 Å². The van der Waals surface area contributed by atoms with Crippen LogP contribution in [-0.2, 0) is 16.1 Å². The van der Waals surface area contributed by atoms with Gasteiger partial charge in [0.2, 0.25) is 11.8 Å². The summed E-state index contributed by atoms with van der Waals surface area (Å²) in [5.41, 5.74) is 4.79. The lowest BCUT2D eigenvalue weighted by Gasteiger charge is -2.37. The Balaban J connectivity index is 1.58. The average Bonchev–Trinajstić information content (AvgIpc) is 2.70. The molecule has 1 saturated heterocycles. The topological polar surface area (TPSA) is 56.8 Å². The van der Waals surface area contributed by atoms with E-state index in [4.69, 9.17) is 0 Å². The minimum absolute atomic E-state index is 0.00451. The van der Waals surface area contributed by atoms with Crippen molar-refractivity contribution in [3.05, 3.63) is 59.4 Å². The van der Waals surface area contributed by atoms with Crippen molar-refractivity contribution in [1.82, 2.24) is 14.8 Å². The largest absolute Gasteiger partial charge is 0.368 e. The van der Waals surface area contributed by atoms with E-state index in [1.54, 1.807) is 17.3 Å². The molecule has 2 amide bonds. The number of hydrogen-bond donors (Lipinski definition) is 0. The molecule has 0 saturated carbocycles. The number of piperazine rings is 1. The average molecular weight is 380 g/mol. The second-order valence-electron chi connectivity index (χ2n) is 7.32. The highest BCUT2D eigenvalue weighted by molar-refractivity contribution is 5.84. The highest BCUT2D eigenvalue weighted by atomic mass is 16.2. The van der Waals surface area contributed by atoms with Gasteiger partial charge in [0.1, 0.15) is 6.54 Å². The van der Waals surface area contributed by atoms with Gasteiger partial charge in [-0.25, -0.2) is 0 Å². The smallest absolute Gasteiger partial charge is 0.242 e. The second kappa shape index (κ2) is 8.87. The van der Waals surface area contributed by atoms with E-state index in [1.807, 2.05) is 17.0 Å². The zero-order valence-electron chi connectivity index (χ0n) is 16.9. The highest BCUT2D eigenvalue weighted by Crippen LogP contribution is 2.23. The number of carbonyl (C=O) groups excluding carboxylic acids is 2. The molecule has 0 unspecified atom stereocenters. The lowest BCUT2D eigenvalue weighted by molar-refractivity contribution is -0.140. The fraction of sp³-hybridized carbons (Fsp3) is 0.409. The molecule has 0 bridgehead atoms. The summed E-state index contributed by atoms with van der Waals surface area (Å²) in [6.45, 7) is 9.27. The first-order valence-electron chi connectivity index (χ1n) is 9.69. The molecule has 0 atom stereocenters. The molecule has 0 radical (unpaired) electrons. The minimum Gasteiger partial charge on any atom is -0.368 e. The molecule has 0 spiro atoms. The SMILES string of the molecule is CC(=O)N(CC(=O)N1CCN(c2cccc(C)c2C)CC1)Cc1ccncc1. The summed E-state index contributed by atoms with van der Waals surface area (Å²) < 4.78 is 0. The summed E-state index contributed by atoms with van der Waals surface area (Å²) in [6.07, 6.45) is 3.39. The molecule has 1 aromatic heterocycles. The number of amides is 2. The molecule has 28 heavy (non-hydrogen) atoms. The van der Waals surface area contributed by atoms with Gasteiger partial charge in [-0.1, -0.05) is 12.1 Å². The third kappa shape index (κ3) is 4.68. The van der Waals surface area contributed by atoms with E-state index < -0.39 is 0 Å². The maximum atomic E-state index is 12.8. The van der Waals surface area contributed by atoms with Crippen LogP contribution in [0.4, 0.5) is 5.69 Å². The minimum atomic E-state index is -0.0980. The van der Waals surface area contributed by atoms with Gasteiger partial charge in [-0.3, -0.25) is 14.6 Å². The van der Waals surface area contributed by atoms with Crippen molar-refractivity contribution in [2.75, 3.05) is 37.6 Å². The van der Waals surface area contributed by atoms with E-state index in [2.05, 4.69) is 41.9 Å². The molecule has 6 heteroatoms. The number of aromatic nitrogens is 1. The van der Waals surface area contributed by atoms with Crippen LogP contribution < -0.4 is 4.90 Å². The number of benzene rings is 1. The van der Waals surface area contributed by atoms with E-state index in [9.17, 15) is 9.59 Å². The molecule has 1 aromatic carbocycles. The van der Waals surface area contributed by atoms with Crippen LogP contribution in [0.2, 0.25) is 0 Å². The molecule has 3 rings (SSSR count). The van der Waals surface area contributed by atoms with Gasteiger partial charge in [0.05, 0.1) is 0 Å². The first-order chi connectivity index (χ1) is 13.5. The number of carbonyl (C=O) groups is 2. The Bertz CT molecular complexity index is 830. The van der Waals surface area contributed by atoms with Crippen LogP contribution in [0.3, 0.4) is 0 Å². The third-order valence-electron chi connectivity index (χ3n) is 5.44. The maximum Gasteiger partial charge on any atom is 0.242 e. The third-order valence-corrected chi connectivity index (χ3v) is 5.44. The molecule has 2 aromatic rings. The Hall–Kier alpha value is -2.89. The van der Waals surface area contributed by atoms with Crippen LogP contribution in [0, 0.1) is 13.8 Å². The van der Waals surface area contributed by atoms with Crippen molar-refractivity contribution >= 4 is 17.5 Å². The number of hydrogen-bond acceptors (Lipinski definition) is 4.